The van der Waals surface area contributed by atoms with Crippen LogP contribution in [-0.4, -0.2) is 0 Å². The van der Waals surface area contributed by atoms with E-state index in [-0.39, 0.29) is 0 Å². The maximum Gasteiger partial charge on any atom is 0.200 e. The molecule has 2 rings (SSSR count). The number of hydrogen-bond donors (Lipinski definition) is 0. The molecule has 0 unspecified atom stereocenters. The third-order valence-corrected chi connectivity index (χ3v) is 4.20. The molecule has 1 nitrogen and oxygen atoms in total. The van der Waals surface area contributed by atoms with Crippen molar-refractivity contribution >= 4 is 11.8 Å². The molecule has 112 valence electrons. The van der Waals surface area contributed by atoms with Gasteiger partial charge in [0, 0.05) is 0 Å². The summed E-state index contributed by atoms with van der Waals surface area (Å²) >= 11 is 1.12. The zero-order valence-corrected chi connectivity index (χ0v) is 13.9. The van der Waals surface area contributed by atoms with Gasteiger partial charge in [-0.1, -0.05) is 48.6 Å². The summed E-state index contributed by atoms with van der Waals surface area (Å²) in [5.41, 5.74) is 1.04. The quantitative estimate of drug-likeness (QED) is 0.378. The van der Waals surface area contributed by atoms with Crippen LogP contribution in [0, 0.1) is 0 Å². The van der Waals surface area contributed by atoms with Crippen LogP contribution in [0.3, 0.4) is 0 Å². The average Bonchev–Trinajstić information content (AvgIpc) is 2.53. The van der Waals surface area contributed by atoms with Crippen LogP contribution >= 0.6 is 0 Å². The maximum atomic E-state index is 6.00. The second-order valence-corrected chi connectivity index (χ2v) is 6.11. The van der Waals surface area contributed by atoms with E-state index in [1.165, 1.54) is 4.91 Å². The summed E-state index contributed by atoms with van der Waals surface area (Å²) in [6.45, 7) is 7.94. The fourth-order valence-corrected chi connectivity index (χ4v) is 2.76. The second-order valence-electron chi connectivity index (χ2n) is 4.89. The monoisotopic (exact) mass is 309 g/mol. The Hall–Kier alpha value is -2.19. The van der Waals surface area contributed by atoms with Crippen LogP contribution in [0.1, 0.15) is 13.8 Å². The summed E-state index contributed by atoms with van der Waals surface area (Å²) < 4.78 is 6.00. The minimum Gasteiger partial charge on any atom is -0.452 e. The van der Waals surface area contributed by atoms with E-state index >= 15 is 0 Å². The molecule has 0 atom stereocenters. The highest BCUT2D eigenvalue weighted by molar-refractivity contribution is 7.83. The molecule has 0 N–H and O–H groups in total. The summed E-state index contributed by atoms with van der Waals surface area (Å²) in [6.07, 6.45) is 6.24. The molecule has 2 aromatic carbocycles. The smallest absolute Gasteiger partial charge is 0.200 e. The molecule has 0 amide bonds. The third kappa shape index (κ3) is 4.97. The van der Waals surface area contributed by atoms with E-state index in [1.54, 1.807) is 0 Å². The van der Waals surface area contributed by atoms with E-state index in [4.69, 9.17) is 4.74 Å². The number of hydrogen-bond acceptors (Lipinski definition) is 1. The van der Waals surface area contributed by atoms with Crippen LogP contribution in [0.5, 0.6) is 11.5 Å². The van der Waals surface area contributed by atoms with Crippen molar-refractivity contribution in [3.8, 4) is 11.5 Å². The van der Waals surface area contributed by atoms with E-state index in [1.807, 2.05) is 68.5 Å². The van der Waals surface area contributed by atoms with Crippen molar-refractivity contribution in [2.24, 2.45) is 0 Å². The van der Waals surface area contributed by atoms with E-state index in [0.29, 0.717) is 0 Å². The Morgan fingerprint density at radius 1 is 1.00 bits per heavy atom. The Morgan fingerprint density at radius 3 is 2.36 bits per heavy atom. The van der Waals surface area contributed by atoms with Gasteiger partial charge in [-0.15, -0.1) is 0 Å². The Kier molecular flexibility index (Phi) is 6.11. The molecule has 0 saturated heterocycles. The molecule has 0 radical (unpaired) electrons. The minimum atomic E-state index is 0.852. The average molecular weight is 309 g/mol. The first kappa shape index (κ1) is 16.2. The maximum absolute atomic E-state index is 6.00. The molecule has 0 aliphatic rings. The van der Waals surface area contributed by atoms with Crippen molar-refractivity contribution in [3.05, 3.63) is 89.9 Å². The van der Waals surface area contributed by atoms with Crippen molar-refractivity contribution in [2.45, 2.75) is 18.7 Å². The third-order valence-electron chi connectivity index (χ3n) is 2.92. The van der Waals surface area contributed by atoms with Crippen LogP contribution in [0.2, 0.25) is 0 Å². The zero-order chi connectivity index (χ0) is 15.8. The Balaban J connectivity index is 2.19. The van der Waals surface area contributed by atoms with Gasteiger partial charge in [0.25, 0.3) is 0 Å². The standard InChI is InChI=1S/C20H20OS/c1-4-18(15-14-16(2)3)22-20-13-9-8-12-19(20)21-17-10-6-5-7-11-17/h4-15H,2H2,1,3H3/p+1/b15-14-,18-4+. The highest BCUT2D eigenvalue weighted by Crippen LogP contribution is 2.28. The summed E-state index contributed by atoms with van der Waals surface area (Å²) in [5, 5.41) is 0. The van der Waals surface area contributed by atoms with E-state index in [9.17, 15) is 0 Å². The fraction of sp³-hybridized carbons (Fsp3) is 0.100. The SMILES string of the molecule is C=C(C)/C=C\C(=C/C)[SH+]c1ccccc1Oc1ccccc1. The lowest BCUT2D eigenvalue weighted by Gasteiger charge is -2.06. The Bertz CT molecular complexity index is 684. The van der Waals surface area contributed by atoms with Crippen LogP contribution in [0.25, 0.3) is 0 Å². The molecule has 0 bridgehead atoms. The molecule has 22 heavy (non-hydrogen) atoms. The first-order chi connectivity index (χ1) is 10.7. The second kappa shape index (κ2) is 8.30. The number of benzene rings is 2. The van der Waals surface area contributed by atoms with E-state index in [0.717, 1.165) is 33.7 Å². The predicted octanol–water partition coefficient (Wildman–Crippen LogP) is 5.69. The number of allylic oxidation sites excluding steroid dienone is 4. The van der Waals surface area contributed by atoms with Crippen molar-refractivity contribution in [1.29, 1.82) is 0 Å². The molecule has 0 aliphatic heterocycles. The Labute approximate surface area is 137 Å². The number of rotatable bonds is 6. The lowest BCUT2D eigenvalue weighted by atomic mass is 10.3. The van der Waals surface area contributed by atoms with Gasteiger partial charge in [-0.05, 0) is 50.3 Å². The van der Waals surface area contributed by atoms with Crippen molar-refractivity contribution < 1.29 is 4.74 Å². The molecule has 0 aliphatic carbocycles. The molecule has 2 aromatic rings. The van der Waals surface area contributed by atoms with Crippen molar-refractivity contribution in [2.75, 3.05) is 0 Å². The summed E-state index contributed by atoms with van der Waals surface area (Å²) in [5.74, 6) is 1.74. The minimum absolute atomic E-state index is 0.852. The molecule has 0 heterocycles. The van der Waals surface area contributed by atoms with Crippen LogP contribution < -0.4 is 4.74 Å². The molecule has 0 fully saturated rings. The number of para-hydroxylation sites is 2. The highest BCUT2D eigenvalue weighted by atomic mass is 32.2. The van der Waals surface area contributed by atoms with Gasteiger partial charge in [-0.25, -0.2) is 0 Å². The van der Waals surface area contributed by atoms with Crippen molar-refractivity contribution in [1.82, 2.24) is 0 Å². The molecule has 2 heteroatoms. The molecular weight excluding hydrogens is 288 g/mol. The normalized spacial score (nSPS) is 11.6. The predicted molar refractivity (Wildman–Crippen MR) is 97.7 cm³/mol. The number of ether oxygens (including phenoxy) is 1. The van der Waals surface area contributed by atoms with Crippen LogP contribution in [0.4, 0.5) is 0 Å². The van der Waals surface area contributed by atoms with Crippen molar-refractivity contribution in [3.63, 3.8) is 0 Å². The van der Waals surface area contributed by atoms with Crippen LogP contribution in [-0.2, 0) is 11.8 Å². The number of thiol groups is 1. The first-order valence-corrected chi connectivity index (χ1v) is 8.12. The molecule has 0 spiro atoms. The summed E-state index contributed by atoms with van der Waals surface area (Å²) in [7, 11) is 0. The first-order valence-electron chi connectivity index (χ1n) is 7.22. The highest BCUT2D eigenvalue weighted by Gasteiger charge is 2.14. The largest absolute Gasteiger partial charge is 0.452 e. The van der Waals surface area contributed by atoms with E-state index in [2.05, 4.69) is 24.8 Å². The lowest BCUT2D eigenvalue weighted by Crippen LogP contribution is -1.92. The summed E-state index contributed by atoms with van der Waals surface area (Å²) in [6, 6.07) is 18.0. The Morgan fingerprint density at radius 2 is 1.68 bits per heavy atom. The van der Waals surface area contributed by atoms with Gasteiger partial charge in [-0.3, -0.25) is 0 Å². The van der Waals surface area contributed by atoms with Gasteiger partial charge >= 0.3 is 0 Å². The van der Waals surface area contributed by atoms with Gasteiger partial charge in [0.1, 0.15) is 5.75 Å². The molecular formula is C20H21OS+. The van der Waals surface area contributed by atoms with E-state index < -0.39 is 0 Å². The van der Waals surface area contributed by atoms with Gasteiger partial charge in [0.2, 0.25) is 4.90 Å². The van der Waals surface area contributed by atoms with Gasteiger partial charge in [0.15, 0.2) is 10.7 Å². The van der Waals surface area contributed by atoms with Crippen LogP contribution in [0.15, 0.2) is 94.8 Å². The van der Waals surface area contributed by atoms with Gasteiger partial charge in [0.05, 0.1) is 11.8 Å². The van der Waals surface area contributed by atoms with Gasteiger partial charge in [-0.2, -0.15) is 0 Å². The molecule has 0 aromatic heterocycles. The lowest BCUT2D eigenvalue weighted by molar-refractivity contribution is 0.471. The molecule has 0 saturated carbocycles. The fourth-order valence-electron chi connectivity index (χ4n) is 1.82. The zero-order valence-electron chi connectivity index (χ0n) is 13.0. The van der Waals surface area contributed by atoms with Gasteiger partial charge < -0.3 is 4.74 Å². The topological polar surface area (TPSA) is 9.23 Å². The summed E-state index contributed by atoms with van der Waals surface area (Å²) in [4.78, 5) is 2.36.